The molecule has 0 aliphatic carbocycles. The molecule has 8 nitrogen and oxygen atoms in total. The lowest BCUT2D eigenvalue weighted by molar-refractivity contribution is -0.137. The van der Waals surface area contributed by atoms with Crippen molar-refractivity contribution in [3.05, 3.63) is 90.1 Å². The normalized spacial score (nSPS) is 14.3. The predicted molar refractivity (Wildman–Crippen MR) is 140 cm³/mol. The fourth-order valence-electron chi connectivity index (χ4n) is 4.40. The Hall–Kier alpha value is -4.38. The van der Waals surface area contributed by atoms with Gasteiger partial charge in [-0.1, -0.05) is 6.07 Å². The van der Waals surface area contributed by atoms with Crippen LogP contribution in [-0.4, -0.2) is 54.1 Å². The second kappa shape index (κ2) is 11.2. The van der Waals surface area contributed by atoms with E-state index in [1.165, 1.54) is 25.4 Å². The molecule has 11 heteroatoms. The van der Waals surface area contributed by atoms with Crippen molar-refractivity contribution in [2.75, 3.05) is 43.5 Å². The van der Waals surface area contributed by atoms with Gasteiger partial charge in [-0.3, -0.25) is 14.7 Å². The van der Waals surface area contributed by atoms with Crippen molar-refractivity contribution in [1.29, 1.82) is 0 Å². The Morgan fingerprint density at radius 3 is 2.51 bits per heavy atom. The largest absolute Gasteiger partial charge is 0.481 e. The van der Waals surface area contributed by atoms with Crippen LogP contribution in [0.1, 0.15) is 21.8 Å². The molecule has 1 saturated heterocycles. The summed E-state index contributed by atoms with van der Waals surface area (Å²) in [6.07, 6.45) is -1.27. The highest BCUT2D eigenvalue weighted by Gasteiger charge is 2.32. The van der Waals surface area contributed by atoms with Crippen LogP contribution in [0.5, 0.6) is 5.88 Å². The molecule has 39 heavy (non-hydrogen) atoms. The van der Waals surface area contributed by atoms with E-state index >= 15 is 0 Å². The molecule has 4 aromatic rings. The third-order valence-electron chi connectivity index (χ3n) is 6.46. The van der Waals surface area contributed by atoms with Crippen LogP contribution in [0.3, 0.4) is 0 Å². The maximum absolute atomic E-state index is 13.5. The maximum atomic E-state index is 13.5. The van der Waals surface area contributed by atoms with Crippen LogP contribution < -0.4 is 15.0 Å². The number of halogens is 3. The quantitative estimate of drug-likeness (QED) is 0.341. The second-order valence-corrected chi connectivity index (χ2v) is 9.02. The highest BCUT2D eigenvalue weighted by molar-refractivity contribution is 6.04. The number of alkyl halides is 3. The first-order chi connectivity index (χ1) is 18.8. The van der Waals surface area contributed by atoms with E-state index in [-0.39, 0.29) is 11.4 Å². The minimum absolute atomic E-state index is 0.0376. The van der Waals surface area contributed by atoms with Gasteiger partial charge in [0.05, 0.1) is 29.7 Å². The molecule has 1 aliphatic heterocycles. The maximum Gasteiger partial charge on any atom is 0.416 e. The molecule has 0 bridgehead atoms. The third-order valence-corrected chi connectivity index (χ3v) is 6.46. The third kappa shape index (κ3) is 6.20. The van der Waals surface area contributed by atoms with Gasteiger partial charge in [-0.15, -0.1) is 0 Å². The number of piperazine rings is 1. The zero-order valence-corrected chi connectivity index (χ0v) is 21.1. The Morgan fingerprint density at radius 2 is 1.85 bits per heavy atom. The molecule has 0 saturated carbocycles. The van der Waals surface area contributed by atoms with Gasteiger partial charge >= 0.3 is 6.18 Å². The number of hydrogen-bond donors (Lipinski definition) is 1. The molecule has 202 valence electrons. The lowest BCUT2D eigenvalue weighted by atomic mass is 10.1. The van der Waals surface area contributed by atoms with Crippen LogP contribution in [0.15, 0.2) is 77.5 Å². The molecule has 0 radical (unpaired) electrons. The summed E-state index contributed by atoms with van der Waals surface area (Å²) >= 11 is 0. The zero-order valence-electron chi connectivity index (χ0n) is 21.1. The topological polar surface area (TPSA) is 83.7 Å². The smallest absolute Gasteiger partial charge is 0.416 e. The highest BCUT2D eigenvalue weighted by Crippen LogP contribution is 2.36. The molecule has 1 amide bonds. The van der Waals surface area contributed by atoms with E-state index in [2.05, 4.69) is 20.2 Å². The number of benzene rings is 1. The number of furan rings is 1. The van der Waals surface area contributed by atoms with Crippen molar-refractivity contribution < 1.29 is 27.1 Å². The number of amides is 1. The first kappa shape index (κ1) is 26.2. The first-order valence-corrected chi connectivity index (χ1v) is 12.3. The number of hydrogen-bond acceptors (Lipinski definition) is 7. The van der Waals surface area contributed by atoms with Gasteiger partial charge in [0.2, 0.25) is 5.88 Å². The van der Waals surface area contributed by atoms with Crippen molar-refractivity contribution >= 4 is 17.3 Å². The molecule has 0 unspecified atom stereocenters. The summed E-state index contributed by atoms with van der Waals surface area (Å²) in [6.45, 7) is 3.24. The van der Waals surface area contributed by atoms with Gasteiger partial charge in [0.15, 0.2) is 5.76 Å². The van der Waals surface area contributed by atoms with E-state index in [4.69, 9.17) is 9.15 Å². The molecule has 1 aliphatic rings. The Morgan fingerprint density at radius 1 is 1.03 bits per heavy atom. The standard InChI is InChI=1S/C28H26F3N5O3/c1-38-26-10-5-19(17-33-26)24-8-9-25(39-24)27(37)34-22-16-20(28(29,30)31)6-7-23(22)36-14-12-35(13-15-36)18-21-4-2-3-11-32-21/h2-11,16-17H,12-15,18H2,1H3,(H,34,37). The van der Waals surface area contributed by atoms with Crippen molar-refractivity contribution in [3.8, 4) is 17.2 Å². The summed E-state index contributed by atoms with van der Waals surface area (Å²) in [6, 6.07) is 15.6. The summed E-state index contributed by atoms with van der Waals surface area (Å²) in [5.41, 5.74) is 1.31. The number of pyridine rings is 2. The lowest BCUT2D eigenvalue weighted by Crippen LogP contribution is -2.46. The van der Waals surface area contributed by atoms with Crippen molar-refractivity contribution in [3.63, 3.8) is 0 Å². The van der Waals surface area contributed by atoms with Crippen LogP contribution >= 0.6 is 0 Å². The molecular weight excluding hydrogens is 511 g/mol. The number of carbonyl (C=O) groups is 1. The lowest BCUT2D eigenvalue weighted by Gasteiger charge is -2.37. The summed E-state index contributed by atoms with van der Waals surface area (Å²) in [4.78, 5) is 25.7. The summed E-state index contributed by atoms with van der Waals surface area (Å²) in [5, 5.41) is 2.64. The van der Waals surface area contributed by atoms with Gasteiger partial charge in [-0.2, -0.15) is 13.2 Å². The fraction of sp³-hybridized carbons (Fsp3) is 0.250. The van der Waals surface area contributed by atoms with Crippen LogP contribution in [0.25, 0.3) is 11.3 Å². The second-order valence-electron chi connectivity index (χ2n) is 9.02. The summed E-state index contributed by atoms with van der Waals surface area (Å²) in [5.74, 6) is 0.128. The Balaban J connectivity index is 1.33. The molecule has 4 heterocycles. The number of anilines is 2. The van der Waals surface area contributed by atoms with Gasteiger partial charge in [0, 0.05) is 56.7 Å². The number of rotatable bonds is 7. The molecule has 0 spiro atoms. The molecular formula is C28H26F3N5O3. The molecule has 5 rings (SSSR count). The van der Waals surface area contributed by atoms with Crippen LogP contribution in [-0.2, 0) is 12.7 Å². The molecule has 3 aromatic heterocycles. The monoisotopic (exact) mass is 537 g/mol. The summed E-state index contributed by atoms with van der Waals surface area (Å²) < 4.78 is 51.3. The van der Waals surface area contributed by atoms with Crippen molar-refractivity contribution in [2.24, 2.45) is 0 Å². The number of nitrogens with one attached hydrogen (secondary N) is 1. The SMILES string of the molecule is COc1ccc(-c2ccc(C(=O)Nc3cc(C(F)(F)F)ccc3N3CCN(Cc4ccccn4)CC3)o2)cn1. The predicted octanol–water partition coefficient (Wildman–Crippen LogP) is 5.34. The number of carbonyl (C=O) groups excluding carboxylic acids is 1. The van der Waals surface area contributed by atoms with Crippen LogP contribution in [0, 0.1) is 0 Å². The average molecular weight is 538 g/mol. The molecule has 1 aromatic carbocycles. The molecule has 1 fully saturated rings. The highest BCUT2D eigenvalue weighted by atomic mass is 19.4. The van der Waals surface area contributed by atoms with Gasteiger partial charge in [0.25, 0.3) is 5.91 Å². The first-order valence-electron chi connectivity index (χ1n) is 12.3. The van der Waals surface area contributed by atoms with Gasteiger partial charge in [0.1, 0.15) is 5.76 Å². The molecule has 0 atom stereocenters. The van der Waals surface area contributed by atoms with Crippen LogP contribution in [0.2, 0.25) is 0 Å². The minimum atomic E-state index is -4.56. The van der Waals surface area contributed by atoms with Crippen molar-refractivity contribution in [2.45, 2.75) is 12.7 Å². The molecule has 1 N–H and O–H groups in total. The van der Waals surface area contributed by atoms with E-state index in [0.717, 1.165) is 17.8 Å². The zero-order chi connectivity index (χ0) is 27.4. The fourth-order valence-corrected chi connectivity index (χ4v) is 4.40. The van der Waals surface area contributed by atoms with Crippen LogP contribution in [0.4, 0.5) is 24.5 Å². The minimum Gasteiger partial charge on any atom is -0.481 e. The average Bonchev–Trinajstić information content (AvgIpc) is 3.44. The Kier molecular flexibility index (Phi) is 7.51. The summed E-state index contributed by atoms with van der Waals surface area (Å²) in [7, 11) is 1.50. The Labute approximate surface area is 223 Å². The van der Waals surface area contributed by atoms with E-state index in [9.17, 15) is 18.0 Å². The van der Waals surface area contributed by atoms with Crippen molar-refractivity contribution in [1.82, 2.24) is 14.9 Å². The van der Waals surface area contributed by atoms with Gasteiger partial charge < -0.3 is 19.4 Å². The number of aromatic nitrogens is 2. The van der Waals surface area contributed by atoms with Gasteiger partial charge in [-0.05, 0) is 48.5 Å². The van der Waals surface area contributed by atoms with E-state index in [0.29, 0.717) is 55.6 Å². The van der Waals surface area contributed by atoms with E-state index in [1.807, 2.05) is 23.1 Å². The number of ether oxygens (including phenoxy) is 1. The number of methoxy groups -OCH3 is 1. The Bertz CT molecular complexity index is 1420. The number of nitrogens with zero attached hydrogens (tertiary/aromatic N) is 4. The van der Waals surface area contributed by atoms with E-state index < -0.39 is 17.6 Å². The van der Waals surface area contributed by atoms with E-state index in [1.54, 1.807) is 24.4 Å². The van der Waals surface area contributed by atoms with Gasteiger partial charge in [-0.25, -0.2) is 4.98 Å².